The van der Waals surface area contributed by atoms with Crippen molar-refractivity contribution in [1.29, 1.82) is 0 Å². The highest BCUT2D eigenvalue weighted by molar-refractivity contribution is 6.38. The maximum Gasteiger partial charge on any atom is 0.316 e. The molecule has 4 atom stereocenters. The van der Waals surface area contributed by atoms with E-state index in [1.807, 2.05) is 0 Å². The Morgan fingerprint density at radius 2 is 0.649 bits per heavy atom. The van der Waals surface area contributed by atoms with Crippen LogP contribution >= 0.6 is 104 Å². The minimum atomic E-state index is -0.665. The summed E-state index contributed by atoms with van der Waals surface area (Å²) in [6, 6.07) is 17.7. The molecule has 0 aliphatic carbocycles. The van der Waals surface area contributed by atoms with Gasteiger partial charge in [-0.15, -0.1) is 0 Å². The Morgan fingerprint density at radius 1 is 0.368 bits per heavy atom. The lowest BCUT2D eigenvalue weighted by Gasteiger charge is -2.27. The normalized spacial score (nSPS) is 13.8. The van der Waals surface area contributed by atoms with Crippen LogP contribution in [0.5, 0.6) is 29.0 Å². The number of benzene rings is 4. The van der Waals surface area contributed by atoms with Gasteiger partial charge in [0.15, 0.2) is 46.3 Å². The van der Waals surface area contributed by atoms with Crippen molar-refractivity contribution >= 4 is 134 Å². The highest BCUT2D eigenvalue weighted by Gasteiger charge is 2.26. The van der Waals surface area contributed by atoms with E-state index in [1.165, 1.54) is 54.9 Å². The molecule has 14 rings (SSSR count). The lowest BCUT2D eigenvalue weighted by Crippen LogP contribution is -2.44. The number of nitrogens with two attached hydrogens (primary N) is 4. The number of anilines is 5. The number of halogens is 13. The van der Waals surface area contributed by atoms with Gasteiger partial charge in [0.1, 0.15) is 60.1 Å². The van der Waals surface area contributed by atoms with Gasteiger partial charge in [-0.25, -0.2) is 77.4 Å². The van der Waals surface area contributed by atoms with Gasteiger partial charge in [-0.2, -0.15) is 0 Å². The monoisotopic (exact) mass is 1730 g/mol. The van der Waals surface area contributed by atoms with Gasteiger partial charge in [0.25, 0.3) is 0 Å². The summed E-state index contributed by atoms with van der Waals surface area (Å²) in [6.45, 7) is 12.2. The molecule has 4 aromatic carbocycles. The highest BCUT2D eigenvalue weighted by atomic mass is 35.5. The van der Waals surface area contributed by atoms with Crippen LogP contribution in [0.25, 0.3) is 44.5 Å². The molecule has 12 aromatic rings. The minimum absolute atomic E-state index is 0.0837. The van der Waals surface area contributed by atoms with Crippen LogP contribution in [0.4, 0.5) is 46.8 Å². The first-order valence-corrected chi connectivity index (χ1v) is 38.0. The zero-order valence-electron chi connectivity index (χ0n) is 60.6. The molecule has 4 unspecified atom stereocenters. The molecule has 24 nitrogen and oxygen atoms in total. The third kappa shape index (κ3) is 21.5. The van der Waals surface area contributed by atoms with Crippen molar-refractivity contribution in [1.82, 2.24) is 70.4 Å². The molecule has 10 heterocycles. The van der Waals surface area contributed by atoms with E-state index in [0.717, 1.165) is 79.9 Å². The number of nitrogen functional groups attached to an aromatic ring is 4. The summed E-state index contributed by atoms with van der Waals surface area (Å²) in [4.78, 5) is 52.2. The fourth-order valence-corrected chi connectivity index (χ4v) is 14.3. The molecule has 37 heteroatoms. The molecule has 0 amide bonds. The molecular formula is C77H68Cl9F4N19O5. The summed E-state index contributed by atoms with van der Waals surface area (Å²) in [5.74, 6) is 0.361. The van der Waals surface area contributed by atoms with Gasteiger partial charge in [0, 0.05) is 187 Å². The van der Waals surface area contributed by atoms with Gasteiger partial charge in [-0.3, -0.25) is 0 Å². The summed E-state index contributed by atoms with van der Waals surface area (Å²) < 4.78 is 84.7. The summed E-state index contributed by atoms with van der Waals surface area (Å²) in [5.41, 5.74) is 30.9. The third-order valence-electron chi connectivity index (χ3n) is 17.4. The molecule has 10 N–H and O–H groups in total. The van der Waals surface area contributed by atoms with Crippen LogP contribution in [0.3, 0.4) is 0 Å². The Balaban J connectivity index is 0.000000151. The number of hydrogen-bond acceptors (Lipinski definition) is 24. The van der Waals surface area contributed by atoms with E-state index in [1.54, 1.807) is 126 Å². The number of aromatic nitrogens is 12. The number of piperidine rings is 1. The number of nitrogens with zero attached hydrogens (tertiary/aromatic N) is 13. The summed E-state index contributed by atoms with van der Waals surface area (Å²) in [6.07, 6.45) is 20.3. The Morgan fingerprint density at radius 3 is 0.974 bits per heavy atom. The van der Waals surface area contributed by atoms with Gasteiger partial charge in [0.05, 0.1) is 20.1 Å². The zero-order chi connectivity index (χ0) is 81.4. The quantitative estimate of drug-likeness (QED) is 0.0249. The van der Waals surface area contributed by atoms with Crippen molar-refractivity contribution in [2.75, 3.05) is 67.1 Å². The highest BCUT2D eigenvalue weighted by Crippen LogP contribution is 2.43. The van der Waals surface area contributed by atoms with Crippen molar-refractivity contribution in [2.45, 2.75) is 71.1 Å². The molecule has 0 bridgehead atoms. The Kier molecular flexibility index (Phi) is 29.4. The van der Waals surface area contributed by atoms with E-state index in [-0.39, 0.29) is 59.8 Å². The van der Waals surface area contributed by atoms with Gasteiger partial charge in [0.2, 0.25) is 11.2 Å². The molecular weight excluding hydrogens is 1670 g/mol. The number of hydrogen-bond donors (Lipinski definition) is 6. The van der Waals surface area contributed by atoms with Gasteiger partial charge < -0.3 is 62.2 Å². The fraction of sp³-hybridized carbons (Fsp3) is 0.221. The molecule has 0 radical (unpaired) electrons. The van der Waals surface area contributed by atoms with E-state index in [9.17, 15) is 17.6 Å². The number of ether oxygens (including phenoxy) is 5. The average molecular weight is 1730 g/mol. The van der Waals surface area contributed by atoms with Gasteiger partial charge in [-0.05, 0) is 138 Å². The van der Waals surface area contributed by atoms with Crippen LogP contribution in [0.15, 0.2) is 153 Å². The maximum atomic E-state index is 13.9. The topological polar surface area (TPSA) is 332 Å². The third-order valence-corrected chi connectivity index (χ3v) is 20.5. The predicted octanol–water partition coefficient (Wildman–Crippen LogP) is 19.0. The van der Waals surface area contributed by atoms with Crippen LogP contribution in [-0.2, 0) is 0 Å². The molecule has 0 spiro atoms. The lowest BCUT2D eigenvalue weighted by atomic mass is 10.1. The SMILES string of the molecule is CC(Oc1cc(-c2cnc(Cl)nc2)cnc1N)c1c(Cl)ccc(F)c1Cl.CC(Oc1cc(-c2cnc(N3CCNCC3)nc2)cnc1N)c1c(Cl)ccc(F)c1Cl.CC(Oc1cc(-c2cnc(OC3CCNCC3)nc2)cnc1N)c1c(Cl)ccc(F)c1Cl.CC(Oc1cc(-c2cncnc2)cnc1N)c1c(Cl)ccc(F)c1Cl. The molecule has 0 saturated carbocycles. The first-order chi connectivity index (χ1) is 54.7. The van der Waals surface area contributed by atoms with E-state index in [4.69, 9.17) is 151 Å². The Labute approximate surface area is 696 Å². The predicted molar refractivity (Wildman–Crippen MR) is 437 cm³/mol. The molecule has 114 heavy (non-hydrogen) atoms. The molecule has 8 aromatic heterocycles. The van der Waals surface area contributed by atoms with E-state index in [2.05, 4.69) is 75.3 Å². The summed E-state index contributed by atoms with van der Waals surface area (Å²) in [5, 5.41) is 7.56. The second-order valence-electron chi connectivity index (χ2n) is 25.2. The number of rotatable bonds is 19. The average Bonchev–Trinajstić information content (AvgIpc) is 0.817. The van der Waals surface area contributed by atoms with Crippen molar-refractivity contribution in [3.63, 3.8) is 0 Å². The minimum Gasteiger partial charge on any atom is -0.482 e. The maximum absolute atomic E-state index is 13.9. The first kappa shape index (κ1) is 84.9. The van der Waals surface area contributed by atoms with Crippen LogP contribution in [-0.4, -0.2) is 105 Å². The Bertz CT molecular complexity index is 5340. The number of pyridine rings is 4. The van der Waals surface area contributed by atoms with Gasteiger partial charge in [-0.1, -0.05) is 92.8 Å². The number of piperazine rings is 1. The van der Waals surface area contributed by atoms with Crippen molar-refractivity contribution in [3.8, 4) is 73.5 Å². The smallest absolute Gasteiger partial charge is 0.316 e. The van der Waals surface area contributed by atoms with Crippen LogP contribution in [0.2, 0.25) is 45.5 Å². The standard InChI is InChI=1S/C22H22Cl2FN5O2.C21H21Cl2FN6O.C17H12Cl3FN4O.C17H13Cl2FN4O/c1-12(19-16(23)2-3-17(25)20(19)24)31-18-8-13(9-28-21(18)26)14-10-29-22(30-11-14)32-15-4-6-27-7-5-15;1-12(18-15(22)2-3-16(24)19(18)23)31-17-8-13(9-27-20(17)25)14-10-28-21(29-11-14)30-6-4-26-5-7-30;1-8(14-11(18)2-3-12(21)15(14)19)26-13-4-9(5-23-16(13)22)10-6-24-17(20)25-7-10;1-9(15-12(18)2-3-13(20)16(15)19)25-14-4-10(7-24-17(14)21)11-5-22-8-23-6-11/h2-3,8-12,15,27H,4-7H2,1H3,(H2,26,28);2-3,8-12,26H,4-7H2,1H3,(H2,25,27);2-8H,1H3,(H2,22,23);2-9H,1H3,(H2,21,24). The molecule has 2 fully saturated rings. The molecule has 592 valence electrons. The number of nitrogens with one attached hydrogen (secondary N) is 2. The van der Waals surface area contributed by atoms with Crippen molar-refractivity contribution in [2.24, 2.45) is 0 Å². The van der Waals surface area contributed by atoms with Gasteiger partial charge >= 0.3 is 6.01 Å². The Hall–Kier alpha value is -9.95. The molecule has 2 aliphatic heterocycles. The van der Waals surface area contributed by atoms with Crippen LogP contribution in [0, 0.1) is 23.3 Å². The van der Waals surface area contributed by atoms with Crippen LogP contribution in [0.1, 0.15) is 87.2 Å². The largest absolute Gasteiger partial charge is 0.482 e. The summed E-state index contributed by atoms with van der Waals surface area (Å²) in [7, 11) is 0. The second-order valence-corrected chi connectivity index (χ2v) is 28.7. The molecule has 2 aliphatic rings. The summed E-state index contributed by atoms with van der Waals surface area (Å²) >= 11 is 54.6. The second kappa shape index (κ2) is 39.4. The molecule has 2 saturated heterocycles. The van der Waals surface area contributed by atoms with E-state index in [0.29, 0.717) is 89.0 Å². The fourth-order valence-electron chi connectivity index (χ4n) is 11.5. The lowest BCUT2D eigenvalue weighted by molar-refractivity contribution is 0.149. The van der Waals surface area contributed by atoms with Crippen molar-refractivity contribution in [3.05, 3.63) is 244 Å². The van der Waals surface area contributed by atoms with E-state index >= 15 is 0 Å². The van der Waals surface area contributed by atoms with Crippen LogP contribution < -0.4 is 62.2 Å². The van der Waals surface area contributed by atoms with E-state index < -0.39 is 47.7 Å². The van der Waals surface area contributed by atoms with Crippen molar-refractivity contribution < 1.29 is 41.2 Å². The zero-order valence-corrected chi connectivity index (χ0v) is 67.4. The first-order valence-electron chi connectivity index (χ1n) is 34.6.